The molecule has 0 unspecified atom stereocenters. The third-order valence-corrected chi connectivity index (χ3v) is 3.86. The van der Waals surface area contributed by atoms with Crippen molar-refractivity contribution in [3.8, 4) is 0 Å². The highest BCUT2D eigenvalue weighted by atomic mass is 32.2. The minimum absolute atomic E-state index is 0.0586. The zero-order chi connectivity index (χ0) is 17.7. The van der Waals surface area contributed by atoms with Gasteiger partial charge in [0.1, 0.15) is 12.4 Å². The van der Waals surface area contributed by atoms with E-state index in [1.807, 2.05) is 6.07 Å². The maximum absolute atomic E-state index is 11.7. The normalized spacial score (nSPS) is 11.5. The summed E-state index contributed by atoms with van der Waals surface area (Å²) < 4.78 is 43.4. The molecule has 1 N–H and O–H groups in total. The summed E-state index contributed by atoms with van der Waals surface area (Å²) in [6.45, 7) is 0.748. The molecule has 0 aromatic heterocycles. The summed E-state index contributed by atoms with van der Waals surface area (Å²) in [7, 11) is -3.63. The largest absolute Gasteiger partial charge is 0.480 e. The number of carbonyl (C=O) groups is 1. The minimum Gasteiger partial charge on any atom is -0.480 e. The fourth-order valence-corrected chi connectivity index (χ4v) is 2.65. The molecule has 0 radical (unpaired) electrons. The highest BCUT2D eigenvalue weighted by molar-refractivity contribution is 7.85. The second-order valence-corrected chi connectivity index (χ2v) is 6.32. The Morgan fingerprint density at radius 1 is 0.875 bits per heavy atom. The van der Waals surface area contributed by atoms with Crippen LogP contribution in [0.5, 0.6) is 0 Å². The van der Waals surface area contributed by atoms with Gasteiger partial charge >= 0.3 is 5.97 Å². The summed E-state index contributed by atoms with van der Waals surface area (Å²) >= 11 is 0. The zero-order valence-corrected chi connectivity index (χ0v) is 14.1. The van der Waals surface area contributed by atoms with Crippen LogP contribution in [-0.2, 0) is 39.1 Å². The predicted molar refractivity (Wildman–Crippen MR) is 85.1 cm³/mol. The fourth-order valence-electron chi connectivity index (χ4n) is 1.64. The van der Waals surface area contributed by atoms with E-state index in [1.165, 1.54) is 0 Å². The Morgan fingerprint density at radius 3 is 2.00 bits per heavy atom. The van der Waals surface area contributed by atoms with Crippen molar-refractivity contribution >= 4 is 16.1 Å². The third kappa shape index (κ3) is 11.1. The Balaban J connectivity index is 1.97. The number of hydrogen-bond acceptors (Lipinski definition) is 7. The van der Waals surface area contributed by atoms with Crippen molar-refractivity contribution in [1.29, 1.82) is 0 Å². The van der Waals surface area contributed by atoms with Crippen LogP contribution in [0.2, 0.25) is 0 Å². The number of hydrogen-bond donors (Lipinski definition) is 1. The van der Waals surface area contributed by atoms with E-state index >= 15 is 0 Å². The van der Waals surface area contributed by atoms with Gasteiger partial charge in [0.2, 0.25) is 0 Å². The Morgan fingerprint density at radius 2 is 1.42 bits per heavy atom. The molecule has 0 aliphatic carbocycles. The molecule has 0 atom stereocenters. The lowest BCUT2D eigenvalue weighted by Crippen LogP contribution is -2.16. The first-order valence-electron chi connectivity index (χ1n) is 7.35. The van der Waals surface area contributed by atoms with Gasteiger partial charge < -0.3 is 19.3 Å². The molecule has 0 heterocycles. The van der Waals surface area contributed by atoms with Crippen molar-refractivity contribution < 1.29 is 36.7 Å². The van der Waals surface area contributed by atoms with Crippen LogP contribution in [0.4, 0.5) is 0 Å². The monoisotopic (exact) mass is 362 g/mol. The van der Waals surface area contributed by atoms with E-state index in [0.29, 0.717) is 12.2 Å². The molecule has 24 heavy (non-hydrogen) atoms. The summed E-state index contributed by atoms with van der Waals surface area (Å²) in [6.07, 6.45) is 0. The molecule has 0 saturated carbocycles. The molecular weight excluding hydrogens is 340 g/mol. The summed E-state index contributed by atoms with van der Waals surface area (Å²) in [5.41, 5.74) is 0.664. The van der Waals surface area contributed by atoms with E-state index in [4.69, 9.17) is 23.5 Å². The highest BCUT2D eigenvalue weighted by Crippen LogP contribution is 2.06. The van der Waals surface area contributed by atoms with Gasteiger partial charge in [0.05, 0.1) is 39.6 Å². The molecule has 0 aliphatic rings. The number of benzene rings is 1. The summed E-state index contributed by atoms with van der Waals surface area (Å²) in [4.78, 5) is 10.2. The lowest BCUT2D eigenvalue weighted by molar-refractivity contribution is -0.142. The summed E-state index contributed by atoms with van der Waals surface area (Å²) in [5.74, 6) is -1.20. The number of carboxylic acids is 1. The van der Waals surface area contributed by atoms with Crippen molar-refractivity contribution in [1.82, 2.24) is 0 Å². The van der Waals surface area contributed by atoms with E-state index in [1.54, 1.807) is 24.3 Å². The fraction of sp³-hybridized carbons (Fsp3) is 0.533. The van der Waals surface area contributed by atoms with Crippen LogP contribution in [0.1, 0.15) is 5.56 Å². The lowest BCUT2D eigenvalue weighted by Gasteiger charge is -2.07. The van der Waals surface area contributed by atoms with E-state index in [2.05, 4.69) is 0 Å². The maximum atomic E-state index is 11.7. The molecule has 0 amide bonds. The van der Waals surface area contributed by atoms with Gasteiger partial charge in [0.15, 0.2) is 0 Å². The molecule has 0 fully saturated rings. The molecule has 0 bridgehead atoms. The first kappa shape index (κ1) is 20.5. The molecule has 9 heteroatoms. The predicted octanol–water partition coefficient (Wildman–Crippen LogP) is 0.667. The average molecular weight is 362 g/mol. The quantitative estimate of drug-likeness (QED) is 0.380. The second-order valence-electron chi connectivity index (χ2n) is 4.68. The molecule has 0 spiro atoms. The van der Waals surface area contributed by atoms with Crippen molar-refractivity contribution in [3.63, 3.8) is 0 Å². The SMILES string of the molecule is O=C(O)COCCOCCOCCOS(=O)(=O)Cc1ccccc1. The number of aliphatic carboxylic acids is 1. The molecule has 8 nitrogen and oxygen atoms in total. The van der Waals surface area contributed by atoms with Crippen molar-refractivity contribution in [3.05, 3.63) is 35.9 Å². The van der Waals surface area contributed by atoms with Gasteiger partial charge in [-0.2, -0.15) is 8.42 Å². The van der Waals surface area contributed by atoms with Gasteiger partial charge in [-0.05, 0) is 5.56 Å². The molecule has 1 aromatic rings. The van der Waals surface area contributed by atoms with Gasteiger partial charge in [0.25, 0.3) is 10.1 Å². The number of ether oxygens (including phenoxy) is 3. The van der Waals surface area contributed by atoms with Gasteiger partial charge in [-0.1, -0.05) is 30.3 Å². The molecule has 136 valence electrons. The smallest absolute Gasteiger partial charge is 0.329 e. The van der Waals surface area contributed by atoms with Crippen LogP contribution < -0.4 is 0 Å². The van der Waals surface area contributed by atoms with Crippen LogP contribution in [0.25, 0.3) is 0 Å². The van der Waals surface area contributed by atoms with Crippen molar-refractivity contribution in [2.45, 2.75) is 5.75 Å². The van der Waals surface area contributed by atoms with Gasteiger partial charge in [-0.15, -0.1) is 0 Å². The third-order valence-electron chi connectivity index (χ3n) is 2.65. The van der Waals surface area contributed by atoms with E-state index in [9.17, 15) is 13.2 Å². The topological polar surface area (TPSA) is 108 Å². The minimum atomic E-state index is -3.63. The van der Waals surface area contributed by atoms with Crippen LogP contribution in [0.3, 0.4) is 0 Å². The highest BCUT2D eigenvalue weighted by Gasteiger charge is 2.11. The molecule has 0 aliphatic heterocycles. The zero-order valence-electron chi connectivity index (χ0n) is 13.3. The van der Waals surface area contributed by atoms with Crippen molar-refractivity contribution in [2.75, 3.05) is 46.2 Å². The first-order valence-corrected chi connectivity index (χ1v) is 8.93. The lowest BCUT2D eigenvalue weighted by atomic mass is 10.2. The number of carboxylic acid groups (broad SMARTS) is 1. The first-order chi connectivity index (χ1) is 11.5. The van der Waals surface area contributed by atoms with Gasteiger partial charge in [0, 0.05) is 0 Å². The molecular formula is C15H22O8S. The summed E-state index contributed by atoms with van der Waals surface area (Å²) in [5, 5.41) is 8.34. The van der Waals surface area contributed by atoms with Gasteiger partial charge in [-0.3, -0.25) is 4.18 Å². The standard InChI is InChI=1S/C15H22O8S/c16-15(17)12-22-9-8-20-6-7-21-10-11-23-24(18,19)13-14-4-2-1-3-5-14/h1-5H,6-13H2,(H,16,17). The van der Waals surface area contributed by atoms with Crippen LogP contribution in [-0.4, -0.2) is 65.7 Å². The molecule has 0 saturated heterocycles. The molecule has 1 rings (SSSR count). The average Bonchev–Trinajstić information content (AvgIpc) is 2.52. The molecule has 1 aromatic carbocycles. The Kier molecular flexibility index (Phi) is 10.2. The van der Waals surface area contributed by atoms with E-state index in [-0.39, 0.29) is 45.4 Å². The number of rotatable bonds is 14. The van der Waals surface area contributed by atoms with Crippen LogP contribution >= 0.6 is 0 Å². The Bertz CT molecular complexity index is 558. The van der Waals surface area contributed by atoms with Crippen molar-refractivity contribution in [2.24, 2.45) is 0 Å². The van der Waals surface area contributed by atoms with E-state index in [0.717, 1.165) is 0 Å². The van der Waals surface area contributed by atoms with Crippen LogP contribution in [0.15, 0.2) is 30.3 Å². The van der Waals surface area contributed by atoms with Crippen LogP contribution in [0, 0.1) is 0 Å². The Hall–Kier alpha value is -1.52. The second kappa shape index (κ2) is 11.9. The summed E-state index contributed by atoms with van der Waals surface area (Å²) in [6, 6.07) is 8.77. The Labute approximate surface area is 141 Å². The van der Waals surface area contributed by atoms with Gasteiger partial charge in [-0.25, -0.2) is 4.79 Å². The maximum Gasteiger partial charge on any atom is 0.329 e. The van der Waals surface area contributed by atoms with E-state index < -0.39 is 16.1 Å².